The minimum absolute atomic E-state index is 0.124. The number of ether oxygens (including phenoxy) is 2. The number of aldehydes is 1. The molecule has 15 heavy (non-hydrogen) atoms. The Hall–Kier alpha value is -2.22. The van der Waals surface area contributed by atoms with Gasteiger partial charge in [0.05, 0.1) is 12.8 Å². The number of hydrogen-bond acceptors (Lipinski definition) is 5. The molecule has 0 saturated heterocycles. The second-order valence-electron chi connectivity index (χ2n) is 2.71. The van der Waals surface area contributed by atoms with Crippen molar-refractivity contribution >= 4 is 12.0 Å². The van der Waals surface area contributed by atoms with Gasteiger partial charge in [-0.2, -0.15) is 5.26 Å². The Balaban J connectivity index is 3.13. The molecule has 0 radical (unpaired) electrons. The summed E-state index contributed by atoms with van der Waals surface area (Å²) in [6.07, 6.45) is 0.660. The number of nitrogen functional groups attached to an aromatic ring is 1. The Labute approximate surface area is 87.0 Å². The highest BCUT2D eigenvalue weighted by Gasteiger charge is 2.10. The van der Waals surface area contributed by atoms with E-state index in [9.17, 15) is 4.79 Å². The van der Waals surface area contributed by atoms with E-state index < -0.39 is 0 Å². The normalized spacial score (nSPS) is 9.07. The van der Waals surface area contributed by atoms with Crippen LogP contribution in [0.5, 0.6) is 11.5 Å². The van der Waals surface area contributed by atoms with E-state index >= 15 is 0 Å². The van der Waals surface area contributed by atoms with E-state index in [2.05, 4.69) is 0 Å². The predicted molar refractivity (Wildman–Crippen MR) is 53.9 cm³/mol. The number of nitrogens with two attached hydrogens (primary N) is 1. The van der Waals surface area contributed by atoms with E-state index in [1.807, 2.05) is 6.07 Å². The third-order valence-corrected chi connectivity index (χ3v) is 1.74. The smallest absolute Gasteiger partial charge is 0.185 e. The summed E-state index contributed by atoms with van der Waals surface area (Å²) < 4.78 is 10.1. The Morgan fingerprint density at radius 1 is 1.60 bits per heavy atom. The first-order valence-electron chi connectivity index (χ1n) is 4.15. The highest BCUT2D eigenvalue weighted by atomic mass is 16.5. The van der Waals surface area contributed by atoms with Crippen molar-refractivity contribution in [3.05, 3.63) is 17.7 Å². The molecule has 78 valence electrons. The van der Waals surface area contributed by atoms with Crippen LogP contribution in [0.25, 0.3) is 0 Å². The number of methoxy groups -OCH3 is 1. The lowest BCUT2D eigenvalue weighted by molar-refractivity contribution is 0.112. The zero-order chi connectivity index (χ0) is 11.3. The monoisotopic (exact) mass is 206 g/mol. The van der Waals surface area contributed by atoms with Gasteiger partial charge in [0.2, 0.25) is 0 Å². The van der Waals surface area contributed by atoms with Crippen molar-refractivity contribution in [1.29, 1.82) is 5.26 Å². The van der Waals surface area contributed by atoms with Gasteiger partial charge in [-0.15, -0.1) is 0 Å². The number of carbonyl (C=O) groups is 1. The van der Waals surface area contributed by atoms with Gasteiger partial charge in [0.25, 0.3) is 0 Å². The van der Waals surface area contributed by atoms with Crippen molar-refractivity contribution in [2.24, 2.45) is 0 Å². The molecule has 0 amide bonds. The summed E-state index contributed by atoms with van der Waals surface area (Å²) >= 11 is 0. The topological polar surface area (TPSA) is 85.3 Å². The highest BCUT2D eigenvalue weighted by Crippen LogP contribution is 2.34. The molecule has 0 atom stereocenters. The fourth-order valence-electron chi connectivity index (χ4n) is 1.12. The maximum Gasteiger partial charge on any atom is 0.185 e. The van der Waals surface area contributed by atoms with E-state index in [1.165, 1.54) is 19.2 Å². The van der Waals surface area contributed by atoms with E-state index in [0.717, 1.165) is 0 Å². The number of hydrogen-bond donors (Lipinski definition) is 1. The van der Waals surface area contributed by atoms with Crippen molar-refractivity contribution < 1.29 is 14.3 Å². The molecule has 2 N–H and O–H groups in total. The molecule has 1 aromatic carbocycles. The third kappa shape index (κ3) is 2.38. The molecule has 0 heterocycles. The van der Waals surface area contributed by atoms with Gasteiger partial charge < -0.3 is 15.2 Å². The fourth-order valence-corrected chi connectivity index (χ4v) is 1.12. The summed E-state index contributed by atoms with van der Waals surface area (Å²) in [6.45, 7) is -0.124. The van der Waals surface area contributed by atoms with Crippen LogP contribution in [0.15, 0.2) is 12.1 Å². The average Bonchev–Trinajstić information content (AvgIpc) is 2.26. The zero-order valence-corrected chi connectivity index (χ0v) is 8.19. The van der Waals surface area contributed by atoms with Gasteiger partial charge in [-0.3, -0.25) is 4.79 Å². The third-order valence-electron chi connectivity index (χ3n) is 1.74. The van der Waals surface area contributed by atoms with Crippen molar-refractivity contribution in [2.45, 2.75) is 0 Å². The number of rotatable bonds is 4. The Bertz CT molecular complexity index is 410. The lowest BCUT2D eigenvalue weighted by Crippen LogP contribution is -2.01. The first-order valence-corrected chi connectivity index (χ1v) is 4.15. The van der Waals surface area contributed by atoms with Gasteiger partial charge in [0.1, 0.15) is 12.4 Å². The van der Waals surface area contributed by atoms with Crippen molar-refractivity contribution in [2.75, 3.05) is 19.5 Å². The van der Waals surface area contributed by atoms with Crippen LogP contribution < -0.4 is 15.2 Å². The predicted octanol–water partition coefficient (Wildman–Crippen LogP) is 0.992. The molecular weight excluding hydrogens is 196 g/mol. The fraction of sp³-hybridized carbons (Fsp3) is 0.200. The lowest BCUT2D eigenvalue weighted by Gasteiger charge is -2.11. The number of anilines is 1. The highest BCUT2D eigenvalue weighted by molar-refractivity contribution is 5.80. The first-order chi connectivity index (χ1) is 7.22. The van der Waals surface area contributed by atoms with E-state index in [4.69, 9.17) is 20.5 Å². The largest absolute Gasteiger partial charge is 0.493 e. The second-order valence-corrected chi connectivity index (χ2v) is 2.71. The van der Waals surface area contributed by atoms with Crippen LogP contribution in [0.2, 0.25) is 0 Å². The van der Waals surface area contributed by atoms with Gasteiger partial charge in [-0.1, -0.05) is 0 Å². The minimum Gasteiger partial charge on any atom is -0.493 e. The maximum atomic E-state index is 10.5. The molecule has 0 aromatic heterocycles. The molecule has 0 unspecified atom stereocenters. The number of nitriles is 1. The molecule has 1 rings (SSSR count). The SMILES string of the molecule is COc1cc(C=O)cc(N)c1OCC#N. The molecule has 5 nitrogen and oxygen atoms in total. The van der Waals surface area contributed by atoms with Crippen molar-refractivity contribution in [1.82, 2.24) is 0 Å². The molecule has 0 aliphatic rings. The van der Waals surface area contributed by atoms with E-state index in [-0.39, 0.29) is 18.0 Å². The van der Waals surface area contributed by atoms with Crippen LogP contribution in [0, 0.1) is 11.3 Å². The number of benzene rings is 1. The van der Waals surface area contributed by atoms with Crippen LogP contribution in [-0.4, -0.2) is 20.0 Å². The summed E-state index contributed by atoms with van der Waals surface area (Å²) in [5.74, 6) is 0.622. The van der Waals surface area contributed by atoms with Gasteiger partial charge in [-0.25, -0.2) is 0 Å². The van der Waals surface area contributed by atoms with E-state index in [1.54, 1.807) is 0 Å². The minimum atomic E-state index is -0.124. The quantitative estimate of drug-likeness (QED) is 0.586. The molecule has 0 aliphatic heterocycles. The number of carbonyl (C=O) groups excluding carboxylic acids is 1. The molecule has 5 heteroatoms. The Kier molecular flexibility index (Phi) is 3.52. The molecule has 0 saturated carbocycles. The molecular formula is C10H10N2O3. The van der Waals surface area contributed by atoms with E-state index in [0.29, 0.717) is 17.6 Å². The average molecular weight is 206 g/mol. The zero-order valence-electron chi connectivity index (χ0n) is 8.19. The van der Waals surface area contributed by atoms with Crippen LogP contribution in [0.4, 0.5) is 5.69 Å². The number of nitrogens with zero attached hydrogens (tertiary/aromatic N) is 1. The Morgan fingerprint density at radius 2 is 2.33 bits per heavy atom. The molecule has 0 aliphatic carbocycles. The van der Waals surface area contributed by atoms with Crippen LogP contribution in [0.3, 0.4) is 0 Å². The van der Waals surface area contributed by atoms with Gasteiger partial charge >= 0.3 is 0 Å². The summed E-state index contributed by atoms with van der Waals surface area (Å²) in [5, 5.41) is 8.37. The van der Waals surface area contributed by atoms with Crippen LogP contribution in [0.1, 0.15) is 10.4 Å². The van der Waals surface area contributed by atoms with Crippen LogP contribution in [-0.2, 0) is 0 Å². The van der Waals surface area contributed by atoms with Gasteiger partial charge in [0.15, 0.2) is 18.1 Å². The molecule has 0 bridgehead atoms. The summed E-state index contributed by atoms with van der Waals surface area (Å²) in [4.78, 5) is 10.5. The second kappa shape index (κ2) is 4.86. The van der Waals surface area contributed by atoms with Crippen LogP contribution >= 0.6 is 0 Å². The molecule has 1 aromatic rings. The summed E-state index contributed by atoms with van der Waals surface area (Å²) in [7, 11) is 1.43. The molecule has 0 spiro atoms. The van der Waals surface area contributed by atoms with Gasteiger partial charge in [0, 0.05) is 5.56 Å². The van der Waals surface area contributed by atoms with Crippen molar-refractivity contribution in [3.8, 4) is 17.6 Å². The maximum absolute atomic E-state index is 10.5. The summed E-state index contributed by atoms with van der Waals surface area (Å²) in [6, 6.07) is 4.78. The molecule has 0 fully saturated rings. The summed E-state index contributed by atoms with van der Waals surface area (Å²) in [5.41, 5.74) is 6.31. The van der Waals surface area contributed by atoms with Gasteiger partial charge in [-0.05, 0) is 12.1 Å². The lowest BCUT2D eigenvalue weighted by atomic mass is 10.2. The Morgan fingerprint density at radius 3 is 2.87 bits per heavy atom. The first kappa shape index (κ1) is 10.9. The van der Waals surface area contributed by atoms with Crippen molar-refractivity contribution in [3.63, 3.8) is 0 Å². The standard InChI is InChI=1S/C10H10N2O3/c1-14-9-5-7(6-13)4-8(12)10(9)15-3-2-11/h4-6H,3,12H2,1H3.